The molecular weight excluding hydrogens is 254 g/mol. The number of nitrogens with zero attached hydrogens (tertiary/aromatic N) is 1. The average molecular weight is 267 g/mol. The second-order valence-corrected chi connectivity index (χ2v) is 4.60. The van der Waals surface area contributed by atoms with E-state index < -0.39 is 5.69 Å². The van der Waals surface area contributed by atoms with Gasteiger partial charge in [0.1, 0.15) is 0 Å². The van der Waals surface area contributed by atoms with Gasteiger partial charge in [0.2, 0.25) is 5.91 Å². The summed E-state index contributed by atoms with van der Waals surface area (Å²) in [6.45, 7) is 0. The van der Waals surface area contributed by atoms with Crippen LogP contribution in [0.25, 0.3) is 11.0 Å². The summed E-state index contributed by atoms with van der Waals surface area (Å²) in [5, 5.41) is 0. The Bertz CT molecular complexity index is 831. The molecule has 100 valence electrons. The summed E-state index contributed by atoms with van der Waals surface area (Å²) in [5.41, 5.74) is 7.75. The van der Waals surface area contributed by atoms with Crippen LogP contribution in [0.15, 0.2) is 53.3 Å². The molecule has 2 aromatic carbocycles. The molecule has 0 bridgehead atoms. The van der Waals surface area contributed by atoms with Crippen LogP contribution in [0.1, 0.15) is 10.4 Å². The van der Waals surface area contributed by atoms with E-state index in [1.54, 1.807) is 18.2 Å². The summed E-state index contributed by atoms with van der Waals surface area (Å²) in [4.78, 5) is 26.9. The van der Waals surface area contributed by atoms with Crippen LogP contribution >= 0.6 is 0 Å². The number of benzene rings is 2. The van der Waals surface area contributed by atoms with E-state index in [9.17, 15) is 9.59 Å². The van der Waals surface area contributed by atoms with E-state index >= 15 is 0 Å². The molecule has 3 N–H and O–H groups in total. The van der Waals surface area contributed by atoms with Crippen molar-refractivity contribution in [1.82, 2.24) is 9.55 Å². The number of nitrogens with two attached hydrogens (primary N) is 1. The molecular formula is C15H13N3O2. The first-order valence-electron chi connectivity index (χ1n) is 6.22. The van der Waals surface area contributed by atoms with Crippen LogP contribution in [0.4, 0.5) is 5.69 Å². The molecule has 0 amide bonds. The first kappa shape index (κ1) is 12.2. The van der Waals surface area contributed by atoms with Crippen molar-refractivity contribution in [3.8, 4) is 0 Å². The quantitative estimate of drug-likeness (QED) is 0.695. The Kier molecular flexibility index (Phi) is 2.87. The Labute approximate surface area is 114 Å². The summed E-state index contributed by atoms with van der Waals surface area (Å²) < 4.78 is 1.15. The van der Waals surface area contributed by atoms with E-state index in [-0.39, 0.29) is 12.3 Å². The number of imidazole rings is 1. The summed E-state index contributed by atoms with van der Waals surface area (Å²) in [7, 11) is 0. The molecule has 3 rings (SSSR count). The summed E-state index contributed by atoms with van der Waals surface area (Å²) in [6, 6.07) is 14.3. The van der Waals surface area contributed by atoms with Crippen molar-refractivity contribution < 1.29 is 4.79 Å². The topological polar surface area (TPSA) is 80.9 Å². The van der Waals surface area contributed by atoms with Gasteiger partial charge in [0.05, 0.1) is 17.5 Å². The Hall–Kier alpha value is -2.82. The zero-order chi connectivity index (χ0) is 14.1. The smallest absolute Gasteiger partial charge is 0.333 e. The molecule has 0 aliphatic heterocycles. The molecule has 0 spiro atoms. The maximum Gasteiger partial charge on any atom is 0.333 e. The van der Waals surface area contributed by atoms with Crippen molar-refractivity contribution in [2.24, 2.45) is 0 Å². The summed E-state index contributed by atoms with van der Waals surface area (Å²) in [6.07, 6.45) is 0.179. The number of aromatic nitrogens is 2. The van der Waals surface area contributed by atoms with Crippen LogP contribution in [0.2, 0.25) is 0 Å². The molecule has 0 atom stereocenters. The highest BCUT2D eigenvalue weighted by molar-refractivity contribution is 5.92. The molecule has 0 unspecified atom stereocenters. The SMILES string of the molecule is Nc1ccc2c(c1)[nH]c(=O)n2C(=O)Cc1ccccc1. The molecule has 0 aliphatic carbocycles. The van der Waals surface area contributed by atoms with Crippen LogP contribution in [-0.2, 0) is 6.42 Å². The zero-order valence-corrected chi connectivity index (χ0v) is 10.7. The van der Waals surface area contributed by atoms with Crippen LogP contribution in [-0.4, -0.2) is 15.5 Å². The monoisotopic (exact) mass is 267 g/mol. The standard InChI is InChI=1S/C15H13N3O2/c16-11-6-7-13-12(9-11)17-15(20)18(13)14(19)8-10-4-2-1-3-5-10/h1-7,9H,8,16H2,(H,17,20). The fraction of sp³-hybridized carbons (Fsp3) is 0.0667. The lowest BCUT2D eigenvalue weighted by Crippen LogP contribution is -2.25. The number of H-pyrrole nitrogens is 1. The van der Waals surface area contributed by atoms with Gasteiger partial charge in [-0.15, -0.1) is 0 Å². The number of carbonyl (C=O) groups is 1. The minimum atomic E-state index is -0.438. The van der Waals surface area contributed by atoms with Crippen molar-refractivity contribution in [1.29, 1.82) is 0 Å². The van der Waals surface area contributed by atoms with Gasteiger partial charge in [-0.2, -0.15) is 0 Å². The van der Waals surface area contributed by atoms with Gasteiger partial charge in [-0.25, -0.2) is 9.36 Å². The zero-order valence-electron chi connectivity index (χ0n) is 10.7. The average Bonchev–Trinajstić information content (AvgIpc) is 2.74. The van der Waals surface area contributed by atoms with Crippen molar-refractivity contribution in [3.63, 3.8) is 0 Å². The van der Waals surface area contributed by atoms with E-state index in [1.807, 2.05) is 30.3 Å². The van der Waals surface area contributed by atoms with E-state index in [0.29, 0.717) is 16.7 Å². The largest absolute Gasteiger partial charge is 0.399 e. The number of nitrogen functional groups attached to an aromatic ring is 1. The number of nitrogens with one attached hydrogen (secondary N) is 1. The van der Waals surface area contributed by atoms with Crippen LogP contribution < -0.4 is 11.4 Å². The number of hydrogen-bond donors (Lipinski definition) is 2. The van der Waals surface area contributed by atoms with Gasteiger partial charge in [0.25, 0.3) is 0 Å². The van der Waals surface area contributed by atoms with Crippen molar-refractivity contribution >= 4 is 22.6 Å². The van der Waals surface area contributed by atoms with Crippen LogP contribution in [0, 0.1) is 0 Å². The van der Waals surface area contributed by atoms with Gasteiger partial charge >= 0.3 is 5.69 Å². The Morgan fingerprint density at radius 3 is 2.65 bits per heavy atom. The predicted molar refractivity (Wildman–Crippen MR) is 77.7 cm³/mol. The van der Waals surface area contributed by atoms with Crippen LogP contribution in [0.5, 0.6) is 0 Å². The maximum atomic E-state index is 12.3. The Balaban J connectivity index is 2.04. The third-order valence-corrected chi connectivity index (χ3v) is 3.15. The van der Waals surface area contributed by atoms with Gasteiger partial charge in [-0.1, -0.05) is 30.3 Å². The number of rotatable bonds is 2. The van der Waals surface area contributed by atoms with Gasteiger partial charge < -0.3 is 10.7 Å². The van der Waals surface area contributed by atoms with E-state index in [1.165, 1.54) is 0 Å². The first-order valence-corrected chi connectivity index (χ1v) is 6.22. The first-order chi connectivity index (χ1) is 9.65. The highest BCUT2D eigenvalue weighted by Gasteiger charge is 2.14. The molecule has 5 heteroatoms. The lowest BCUT2D eigenvalue weighted by Gasteiger charge is -2.03. The van der Waals surface area contributed by atoms with E-state index in [0.717, 1.165) is 10.1 Å². The molecule has 0 fully saturated rings. The normalized spacial score (nSPS) is 10.8. The number of hydrogen-bond acceptors (Lipinski definition) is 3. The van der Waals surface area contributed by atoms with E-state index in [2.05, 4.69) is 4.98 Å². The Morgan fingerprint density at radius 1 is 1.15 bits per heavy atom. The molecule has 1 aromatic heterocycles. The lowest BCUT2D eigenvalue weighted by atomic mass is 10.1. The molecule has 0 saturated heterocycles. The van der Waals surface area contributed by atoms with Crippen LogP contribution in [0.3, 0.4) is 0 Å². The molecule has 3 aromatic rings. The third-order valence-electron chi connectivity index (χ3n) is 3.15. The summed E-state index contributed by atoms with van der Waals surface area (Å²) >= 11 is 0. The van der Waals surface area contributed by atoms with Gasteiger partial charge in [-0.05, 0) is 23.8 Å². The third kappa shape index (κ3) is 2.09. The molecule has 20 heavy (non-hydrogen) atoms. The second kappa shape index (κ2) is 4.70. The fourth-order valence-electron chi connectivity index (χ4n) is 2.23. The number of carbonyl (C=O) groups excluding carboxylic acids is 1. The number of aromatic amines is 1. The van der Waals surface area contributed by atoms with Gasteiger partial charge in [-0.3, -0.25) is 4.79 Å². The highest BCUT2D eigenvalue weighted by atomic mass is 16.2. The van der Waals surface area contributed by atoms with Gasteiger partial charge in [0.15, 0.2) is 0 Å². The summed E-state index contributed by atoms with van der Waals surface area (Å²) in [5.74, 6) is -0.266. The Morgan fingerprint density at radius 2 is 1.90 bits per heavy atom. The van der Waals surface area contributed by atoms with Gasteiger partial charge in [0, 0.05) is 5.69 Å². The number of anilines is 1. The second-order valence-electron chi connectivity index (χ2n) is 4.60. The maximum absolute atomic E-state index is 12.3. The molecule has 0 radical (unpaired) electrons. The lowest BCUT2D eigenvalue weighted by molar-refractivity contribution is 0.0915. The molecule has 0 saturated carbocycles. The minimum Gasteiger partial charge on any atom is -0.399 e. The molecule has 5 nitrogen and oxygen atoms in total. The van der Waals surface area contributed by atoms with Crippen molar-refractivity contribution in [2.45, 2.75) is 6.42 Å². The predicted octanol–water partition coefficient (Wildman–Crippen LogP) is 1.79. The fourth-order valence-corrected chi connectivity index (χ4v) is 2.23. The van der Waals surface area contributed by atoms with Crippen molar-refractivity contribution in [3.05, 3.63) is 64.6 Å². The minimum absolute atomic E-state index is 0.179. The van der Waals surface area contributed by atoms with Crippen molar-refractivity contribution in [2.75, 3.05) is 5.73 Å². The highest BCUT2D eigenvalue weighted by Crippen LogP contribution is 2.14. The molecule has 0 aliphatic rings. The number of fused-ring (bicyclic) bond motifs is 1. The molecule has 1 heterocycles. The van der Waals surface area contributed by atoms with E-state index in [4.69, 9.17) is 5.73 Å².